The van der Waals surface area contributed by atoms with Crippen LogP contribution in [0, 0.1) is 6.92 Å². The fraction of sp³-hybridized carbons (Fsp3) is 0.263. The Morgan fingerprint density at radius 2 is 1.75 bits per heavy atom. The van der Waals surface area contributed by atoms with Crippen LogP contribution in [0.15, 0.2) is 52.3 Å². The fourth-order valence-electron chi connectivity index (χ4n) is 3.42. The van der Waals surface area contributed by atoms with Crippen LogP contribution in [0.4, 0.5) is 0 Å². The molecular formula is C19H20N2O2S. The Hall–Kier alpha value is -2.11. The third kappa shape index (κ3) is 2.54. The molecule has 0 spiro atoms. The summed E-state index contributed by atoms with van der Waals surface area (Å²) >= 11 is 0. The average molecular weight is 340 g/mol. The molecule has 0 bridgehead atoms. The molecule has 2 aromatic carbocycles. The first-order valence-electron chi connectivity index (χ1n) is 8.22. The predicted molar refractivity (Wildman–Crippen MR) is 95.2 cm³/mol. The second-order valence-corrected chi connectivity index (χ2v) is 8.31. The molecule has 4 nitrogen and oxygen atoms in total. The minimum Gasteiger partial charge on any atom is -0.358 e. The number of aryl methyl sites for hydroxylation is 1. The minimum absolute atomic E-state index is 0.352. The van der Waals surface area contributed by atoms with Crippen molar-refractivity contribution in [3.05, 3.63) is 59.3 Å². The van der Waals surface area contributed by atoms with Gasteiger partial charge in [0.25, 0.3) is 0 Å². The zero-order valence-corrected chi connectivity index (χ0v) is 14.4. The summed E-state index contributed by atoms with van der Waals surface area (Å²) in [6.07, 6.45) is 1.87. The van der Waals surface area contributed by atoms with Crippen molar-refractivity contribution in [1.82, 2.24) is 10.3 Å². The Labute approximate surface area is 141 Å². The Morgan fingerprint density at radius 1 is 0.958 bits per heavy atom. The van der Waals surface area contributed by atoms with Gasteiger partial charge in [-0.2, -0.15) is 0 Å². The monoisotopic (exact) mass is 340 g/mol. The number of benzene rings is 2. The molecule has 0 aliphatic carbocycles. The highest BCUT2D eigenvalue weighted by Crippen LogP contribution is 2.29. The van der Waals surface area contributed by atoms with Crippen molar-refractivity contribution in [1.29, 1.82) is 0 Å². The van der Waals surface area contributed by atoms with Gasteiger partial charge in [0.2, 0.25) is 9.84 Å². The van der Waals surface area contributed by atoms with Crippen LogP contribution in [0.1, 0.15) is 16.8 Å². The van der Waals surface area contributed by atoms with E-state index in [1.165, 1.54) is 11.3 Å². The van der Waals surface area contributed by atoms with Crippen molar-refractivity contribution in [2.24, 2.45) is 0 Å². The molecule has 24 heavy (non-hydrogen) atoms. The molecule has 0 amide bonds. The average Bonchev–Trinajstić information content (AvgIpc) is 2.75. The molecule has 0 fully saturated rings. The summed E-state index contributed by atoms with van der Waals surface area (Å²) in [6, 6.07) is 12.5. The maximum absolute atomic E-state index is 13.0. The summed E-state index contributed by atoms with van der Waals surface area (Å²) in [5.74, 6) is 0. The summed E-state index contributed by atoms with van der Waals surface area (Å²) in [4.78, 5) is 4.16. The second kappa shape index (κ2) is 5.76. The molecule has 0 unspecified atom stereocenters. The van der Waals surface area contributed by atoms with Crippen molar-refractivity contribution in [3.63, 3.8) is 0 Å². The van der Waals surface area contributed by atoms with E-state index >= 15 is 0 Å². The first-order valence-corrected chi connectivity index (χ1v) is 9.70. The summed E-state index contributed by atoms with van der Waals surface area (Å²) in [5.41, 5.74) is 4.43. The zero-order valence-electron chi connectivity index (χ0n) is 13.6. The molecule has 2 N–H and O–H groups in total. The smallest absolute Gasteiger partial charge is 0.206 e. The van der Waals surface area contributed by atoms with E-state index in [-0.39, 0.29) is 0 Å². The van der Waals surface area contributed by atoms with Gasteiger partial charge in [0.15, 0.2) is 0 Å². The van der Waals surface area contributed by atoms with Crippen LogP contribution >= 0.6 is 0 Å². The van der Waals surface area contributed by atoms with Crippen LogP contribution in [0.25, 0.3) is 10.9 Å². The van der Waals surface area contributed by atoms with Crippen molar-refractivity contribution in [3.8, 4) is 0 Å². The maximum atomic E-state index is 13.0. The number of H-pyrrole nitrogens is 1. The number of aromatic nitrogens is 1. The largest absolute Gasteiger partial charge is 0.358 e. The van der Waals surface area contributed by atoms with Crippen LogP contribution in [-0.2, 0) is 22.7 Å². The van der Waals surface area contributed by atoms with E-state index in [4.69, 9.17) is 0 Å². The van der Waals surface area contributed by atoms with Gasteiger partial charge in [-0.15, -0.1) is 0 Å². The maximum Gasteiger partial charge on any atom is 0.206 e. The summed E-state index contributed by atoms with van der Waals surface area (Å²) in [7, 11) is -3.50. The Kier molecular flexibility index (Phi) is 3.70. The standard InChI is InChI=1S/C19H20N2O2S/c1-13-3-2-4-14(11-13)24(22,23)15-5-6-18-17(12-15)16-7-9-20-10-8-19(16)21-18/h2-6,11-12,20-21H,7-10H2,1H3. The number of rotatable bonds is 2. The molecule has 0 saturated carbocycles. The van der Waals surface area contributed by atoms with Crippen LogP contribution in [0.3, 0.4) is 0 Å². The molecule has 1 aliphatic heterocycles. The van der Waals surface area contributed by atoms with Gasteiger partial charge in [0.05, 0.1) is 9.79 Å². The summed E-state index contributed by atoms with van der Waals surface area (Å²) in [6.45, 7) is 3.78. The quantitative estimate of drug-likeness (QED) is 0.754. The van der Waals surface area contributed by atoms with Crippen LogP contribution in [0.5, 0.6) is 0 Å². The van der Waals surface area contributed by atoms with Crippen molar-refractivity contribution >= 4 is 20.7 Å². The van der Waals surface area contributed by atoms with E-state index < -0.39 is 9.84 Å². The third-order valence-electron chi connectivity index (χ3n) is 4.68. The number of fused-ring (bicyclic) bond motifs is 3. The van der Waals surface area contributed by atoms with Crippen LogP contribution in [0.2, 0.25) is 0 Å². The lowest BCUT2D eigenvalue weighted by Crippen LogP contribution is -2.16. The highest BCUT2D eigenvalue weighted by atomic mass is 32.2. The van der Waals surface area contributed by atoms with Gasteiger partial charge in [-0.25, -0.2) is 8.42 Å². The molecule has 1 aliphatic rings. The normalized spacial score (nSPS) is 15.2. The molecule has 4 rings (SSSR count). The first kappa shape index (κ1) is 15.4. The van der Waals surface area contributed by atoms with E-state index in [2.05, 4.69) is 10.3 Å². The second-order valence-electron chi connectivity index (χ2n) is 6.36. The number of aromatic amines is 1. The van der Waals surface area contributed by atoms with Gasteiger partial charge in [0, 0.05) is 29.6 Å². The van der Waals surface area contributed by atoms with Gasteiger partial charge < -0.3 is 10.3 Å². The van der Waals surface area contributed by atoms with Crippen molar-refractivity contribution < 1.29 is 8.42 Å². The van der Waals surface area contributed by atoms with Gasteiger partial charge in [0.1, 0.15) is 0 Å². The van der Waals surface area contributed by atoms with Gasteiger partial charge in [-0.1, -0.05) is 12.1 Å². The van der Waals surface area contributed by atoms with Crippen LogP contribution < -0.4 is 5.32 Å². The van der Waals surface area contributed by atoms with Gasteiger partial charge in [-0.3, -0.25) is 0 Å². The molecule has 3 aromatic rings. The molecule has 0 atom stereocenters. The van der Waals surface area contributed by atoms with Gasteiger partial charge >= 0.3 is 0 Å². The number of hydrogen-bond acceptors (Lipinski definition) is 3. The highest BCUT2D eigenvalue weighted by Gasteiger charge is 2.20. The van der Waals surface area contributed by atoms with E-state index in [0.717, 1.165) is 42.4 Å². The lowest BCUT2D eigenvalue weighted by molar-refractivity contribution is 0.596. The van der Waals surface area contributed by atoms with Crippen molar-refractivity contribution in [2.75, 3.05) is 13.1 Å². The lowest BCUT2D eigenvalue weighted by atomic mass is 10.1. The van der Waals surface area contributed by atoms with E-state index in [0.29, 0.717) is 9.79 Å². The molecule has 5 heteroatoms. The zero-order chi connectivity index (χ0) is 16.7. The Bertz CT molecular complexity index is 1020. The SMILES string of the molecule is Cc1cccc(S(=O)(=O)c2ccc3[nH]c4c(c3c2)CCNCC4)c1. The molecule has 1 aromatic heterocycles. The Morgan fingerprint density at radius 3 is 2.58 bits per heavy atom. The number of sulfone groups is 1. The molecule has 0 radical (unpaired) electrons. The van der Waals surface area contributed by atoms with Gasteiger partial charge in [-0.05, 0) is 61.3 Å². The summed E-state index contributed by atoms with van der Waals surface area (Å²) in [5, 5.41) is 4.41. The molecule has 2 heterocycles. The molecule has 124 valence electrons. The first-order chi connectivity index (χ1) is 11.6. The molecular weight excluding hydrogens is 320 g/mol. The minimum atomic E-state index is -3.50. The van der Waals surface area contributed by atoms with Crippen LogP contribution in [-0.4, -0.2) is 26.5 Å². The topological polar surface area (TPSA) is 62.0 Å². The highest BCUT2D eigenvalue weighted by molar-refractivity contribution is 7.91. The van der Waals surface area contributed by atoms with E-state index in [1.807, 2.05) is 25.1 Å². The lowest BCUT2D eigenvalue weighted by Gasteiger charge is -2.06. The van der Waals surface area contributed by atoms with E-state index in [9.17, 15) is 8.42 Å². The predicted octanol–water partition coefficient (Wildman–Crippen LogP) is 3.00. The Balaban J connectivity index is 1.87. The summed E-state index contributed by atoms with van der Waals surface area (Å²) < 4.78 is 25.9. The molecule has 0 saturated heterocycles. The van der Waals surface area contributed by atoms with Crippen molar-refractivity contribution in [2.45, 2.75) is 29.6 Å². The number of nitrogens with one attached hydrogen (secondary N) is 2. The van der Waals surface area contributed by atoms with E-state index in [1.54, 1.807) is 24.3 Å². The number of hydrogen-bond donors (Lipinski definition) is 2. The third-order valence-corrected chi connectivity index (χ3v) is 6.43. The fourth-order valence-corrected chi connectivity index (χ4v) is 4.81.